The number of benzene rings is 2. The van der Waals surface area contributed by atoms with E-state index in [-0.39, 0.29) is 34.5 Å². The number of para-hydroxylation sites is 1. The van der Waals surface area contributed by atoms with Crippen molar-refractivity contribution in [2.24, 2.45) is 0 Å². The molecule has 0 saturated heterocycles. The lowest BCUT2D eigenvalue weighted by molar-refractivity contribution is 0.0955. The third-order valence-electron chi connectivity index (χ3n) is 3.71. The van der Waals surface area contributed by atoms with Crippen LogP contribution in [0.5, 0.6) is 0 Å². The van der Waals surface area contributed by atoms with Crippen LogP contribution in [0.1, 0.15) is 21.5 Å². The van der Waals surface area contributed by atoms with Crippen LogP contribution in [0, 0.1) is 13.8 Å². The Balaban J connectivity index is 0.00000338. The van der Waals surface area contributed by atoms with Crippen LogP contribution in [0.15, 0.2) is 47.4 Å². The summed E-state index contributed by atoms with van der Waals surface area (Å²) in [6.45, 7) is 4.65. The molecule has 0 atom stereocenters. The maximum atomic E-state index is 12.8. The maximum Gasteiger partial charge on any atom is 0.262 e. The molecule has 0 aromatic heterocycles. The topological polar surface area (TPSA) is 87.3 Å². The van der Waals surface area contributed by atoms with Gasteiger partial charge in [-0.1, -0.05) is 24.3 Å². The van der Waals surface area contributed by atoms with E-state index in [2.05, 4.69) is 15.4 Å². The largest absolute Gasteiger partial charge is 0.351 e. The second kappa shape index (κ2) is 9.56. The first kappa shape index (κ1) is 22.0. The molecule has 0 aliphatic heterocycles. The van der Waals surface area contributed by atoms with Gasteiger partial charge in [0.2, 0.25) is 0 Å². The number of carbonyl (C=O) groups excluding carboxylic acids is 1. The molecule has 2 aromatic carbocycles. The van der Waals surface area contributed by atoms with Crippen molar-refractivity contribution in [3.05, 3.63) is 59.2 Å². The summed E-state index contributed by atoms with van der Waals surface area (Å²) in [5, 5.41) is 5.68. The number of carbonyl (C=O) groups is 1. The van der Waals surface area contributed by atoms with Crippen LogP contribution >= 0.6 is 12.4 Å². The second-order valence-corrected chi connectivity index (χ2v) is 7.43. The minimum atomic E-state index is -3.79. The summed E-state index contributed by atoms with van der Waals surface area (Å²) < 4.78 is 28.1. The van der Waals surface area contributed by atoms with Gasteiger partial charge in [0, 0.05) is 13.1 Å². The second-order valence-electron chi connectivity index (χ2n) is 5.78. The molecule has 3 N–H and O–H groups in total. The molecular formula is C18H24ClN3O3S. The summed E-state index contributed by atoms with van der Waals surface area (Å²) in [7, 11) is -2.00. The van der Waals surface area contributed by atoms with Crippen molar-refractivity contribution in [1.82, 2.24) is 10.6 Å². The Morgan fingerprint density at radius 2 is 1.73 bits per heavy atom. The first-order valence-electron chi connectivity index (χ1n) is 7.97. The number of likely N-dealkylation sites (N-methyl/N-ethyl adjacent to an activating group) is 1. The van der Waals surface area contributed by atoms with Crippen LogP contribution in [0.25, 0.3) is 0 Å². The predicted molar refractivity (Wildman–Crippen MR) is 107 cm³/mol. The van der Waals surface area contributed by atoms with Gasteiger partial charge in [-0.25, -0.2) is 8.42 Å². The fraction of sp³-hybridized carbons (Fsp3) is 0.278. The maximum absolute atomic E-state index is 12.8. The highest BCUT2D eigenvalue weighted by Gasteiger charge is 2.20. The van der Waals surface area contributed by atoms with Gasteiger partial charge in [-0.2, -0.15) is 0 Å². The molecule has 0 spiro atoms. The van der Waals surface area contributed by atoms with Gasteiger partial charge in [-0.05, 0) is 50.2 Å². The van der Waals surface area contributed by atoms with E-state index in [4.69, 9.17) is 0 Å². The van der Waals surface area contributed by atoms with Crippen LogP contribution < -0.4 is 15.4 Å². The lowest BCUT2D eigenvalue weighted by atomic mass is 10.1. The van der Waals surface area contributed by atoms with E-state index in [0.29, 0.717) is 18.7 Å². The van der Waals surface area contributed by atoms with E-state index in [1.165, 1.54) is 0 Å². The molecule has 6 nitrogen and oxygen atoms in total. The Labute approximate surface area is 160 Å². The van der Waals surface area contributed by atoms with Crippen LogP contribution in [0.3, 0.4) is 0 Å². The number of nitrogens with one attached hydrogen (secondary N) is 3. The molecular weight excluding hydrogens is 374 g/mol. The van der Waals surface area contributed by atoms with E-state index in [1.807, 2.05) is 13.0 Å². The van der Waals surface area contributed by atoms with Crippen molar-refractivity contribution < 1.29 is 13.2 Å². The van der Waals surface area contributed by atoms with Gasteiger partial charge in [0.1, 0.15) is 0 Å². The summed E-state index contributed by atoms with van der Waals surface area (Å²) >= 11 is 0. The number of anilines is 1. The first-order chi connectivity index (χ1) is 11.8. The van der Waals surface area contributed by atoms with Gasteiger partial charge >= 0.3 is 0 Å². The quantitative estimate of drug-likeness (QED) is 0.626. The van der Waals surface area contributed by atoms with Crippen LogP contribution in [-0.4, -0.2) is 34.5 Å². The van der Waals surface area contributed by atoms with Crippen LogP contribution in [0.2, 0.25) is 0 Å². The zero-order valence-corrected chi connectivity index (χ0v) is 16.6. The van der Waals surface area contributed by atoms with E-state index in [0.717, 1.165) is 5.56 Å². The first-order valence-corrected chi connectivity index (χ1v) is 9.45. The zero-order valence-electron chi connectivity index (χ0n) is 15.0. The lowest BCUT2D eigenvalue weighted by Crippen LogP contribution is -2.31. The number of sulfonamides is 1. The van der Waals surface area contributed by atoms with Crippen LogP contribution in [-0.2, 0) is 10.0 Å². The van der Waals surface area contributed by atoms with Gasteiger partial charge < -0.3 is 10.6 Å². The Bertz CT molecular complexity index is 870. The standard InChI is InChI=1S/C18H23N3O3S.ClH/c1-13-8-9-14(2)17(12-13)25(23,24)21-16-7-5-4-6-15(16)18(22)20-11-10-19-3;/h4-9,12,19,21H,10-11H2,1-3H3,(H,20,22);1H. The highest BCUT2D eigenvalue weighted by Crippen LogP contribution is 2.23. The molecule has 2 rings (SSSR count). The average molecular weight is 398 g/mol. The minimum Gasteiger partial charge on any atom is -0.351 e. The Hall–Kier alpha value is -2.09. The molecule has 8 heteroatoms. The van der Waals surface area contributed by atoms with Gasteiger partial charge in [-0.15, -0.1) is 12.4 Å². The van der Waals surface area contributed by atoms with Gasteiger partial charge in [0.05, 0.1) is 16.1 Å². The molecule has 0 aliphatic rings. The summed E-state index contributed by atoms with van der Waals surface area (Å²) in [6, 6.07) is 11.8. The number of hydrogen-bond donors (Lipinski definition) is 3. The van der Waals surface area contributed by atoms with Crippen molar-refractivity contribution in [2.45, 2.75) is 18.7 Å². The summed E-state index contributed by atoms with van der Waals surface area (Å²) in [6.07, 6.45) is 0. The zero-order chi connectivity index (χ0) is 18.4. The van der Waals surface area contributed by atoms with Gasteiger partial charge in [0.25, 0.3) is 15.9 Å². The fourth-order valence-electron chi connectivity index (χ4n) is 2.36. The summed E-state index contributed by atoms with van der Waals surface area (Å²) in [5.41, 5.74) is 2.04. The third-order valence-corrected chi connectivity index (χ3v) is 5.22. The van der Waals surface area contributed by atoms with Crippen molar-refractivity contribution in [1.29, 1.82) is 0 Å². The predicted octanol–water partition coefficient (Wildman–Crippen LogP) is 2.48. The van der Waals surface area contributed by atoms with E-state index >= 15 is 0 Å². The molecule has 0 heterocycles. The van der Waals surface area contributed by atoms with E-state index in [9.17, 15) is 13.2 Å². The molecule has 0 bridgehead atoms. The lowest BCUT2D eigenvalue weighted by Gasteiger charge is -2.14. The van der Waals surface area contributed by atoms with Crippen LogP contribution in [0.4, 0.5) is 5.69 Å². The monoisotopic (exact) mass is 397 g/mol. The number of hydrogen-bond acceptors (Lipinski definition) is 4. The molecule has 0 radical (unpaired) electrons. The van der Waals surface area contributed by atoms with Gasteiger partial charge in [0.15, 0.2) is 0 Å². The number of amides is 1. The molecule has 0 unspecified atom stereocenters. The number of rotatable bonds is 7. The molecule has 0 aliphatic carbocycles. The number of halogens is 1. The third kappa shape index (κ3) is 5.45. The van der Waals surface area contributed by atoms with Crippen molar-refractivity contribution in [2.75, 3.05) is 24.9 Å². The van der Waals surface area contributed by atoms with E-state index in [1.54, 1.807) is 50.4 Å². The molecule has 0 saturated carbocycles. The molecule has 1 amide bonds. The highest BCUT2D eigenvalue weighted by molar-refractivity contribution is 7.92. The SMILES string of the molecule is CNCCNC(=O)c1ccccc1NS(=O)(=O)c1cc(C)ccc1C.Cl. The highest BCUT2D eigenvalue weighted by atomic mass is 35.5. The number of aryl methyl sites for hydroxylation is 2. The molecule has 26 heavy (non-hydrogen) atoms. The summed E-state index contributed by atoms with van der Waals surface area (Å²) in [4.78, 5) is 12.5. The normalized spacial score (nSPS) is 10.7. The minimum absolute atomic E-state index is 0. The average Bonchev–Trinajstić information content (AvgIpc) is 2.57. The Morgan fingerprint density at radius 1 is 1.04 bits per heavy atom. The fourth-order valence-corrected chi connectivity index (χ4v) is 3.77. The van der Waals surface area contributed by atoms with E-state index < -0.39 is 10.0 Å². The summed E-state index contributed by atoms with van der Waals surface area (Å²) in [5.74, 6) is -0.325. The molecule has 0 fully saturated rings. The van der Waals surface area contributed by atoms with Crippen molar-refractivity contribution in [3.8, 4) is 0 Å². The molecule has 2 aromatic rings. The Kier molecular flexibility index (Phi) is 8.08. The van der Waals surface area contributed by atoms with Crippen molar-refractivity contribution in [3.63, 3.8) is 0 Å². The van der Waals surface area contributed by atoms with Gasteiger partial charge in [-0.3, -0.25) is 9.52 Å². The Morgan fingerprint density at radius 3 is 2.42 bits per heavy atom. The smallest absolute Gasteiger partial charge is 0.262 e. The van der Waals surface area contributed by atoms with Crippen molar-refractivity contribution >= 4 is 34.0 Å². The molecule has 142 valence electrons.